The minimum Gasteiger partial charge on any atom is -0.381 e. The molecule has 1 aromatic rings. The first kappa shape index (κ1) is 11.6. The van der Waals surface area contributed by atoms with Gasteiger partial charge in [-0.2, -0.15) is 0 Å². The first-order chi connectivity index (χ1) is 7.81. The van der Waals surface area contributed by atoms with Gasteiger partial charge in [0.1, 0.15) is 6.29 Å². The molecule has 1 aliphatic rings. The Morgan fingerprint density at radius 3 is 2.44 bits per heavy atom. The molecule has 0 bridgehead atoms. The van der Waals surface area contributed by atoms with Crippen LogP contribution in [0.2, 0.25) is 5.02 Å². The molecular weight excluding hydrogens is 224 g/mol. The predicted octanol–water partition coefficient (Wildman–Crippen LogP) is 3.05. The molecule has 86 valence electrons. The summed E-state index contributed by atoms with van der Waals surface area (Å²) in [5.41, 5.74) is 1.06. The average molecular weight is 239 g/mol. The summed E-state index contributed by atoms with van der Waals surface area (Å²) in [6.07, 6.45) is 2.98. The highest BCUT2D eigenvalue weighted by atomic mass is 35.5. The molecule has 1 saturated heterocycles. The van der Waals surface area contributed by atoms with E-state index in [4.69, 9.17) is 16.3 Å². The number of benzene rings is 1. The summed E-state index contributed by atoms with van der Waals surface area (Å²) in [5, 5.41) is 0.709. The zero-order valence-corrected chi connectivity index (χ0v) is 9.82. The maximum Gasteiger partial charge on any atom is 0.127 e. The van der Waals surface area contributed by atoms with Crippen LogP contribution in [0.5, 0.6) is 0 Å². The Balaban J connectivity index is 2.14. The molecule has 1 aliphatic heterocycles. The summed E-state index contributed by atoms with van der Waals surface area (Å²) in [6, 6.07) is 7.56. The van der Waals surface area contributed by atoms with E-state index in [1.54, 1.807) is 0 Å². The minimum absolute atomic E-state index is 0.0128. The Hall–Kier alpha value is -0.860. The molecule has 1 aromatic carbocycles. The van der Waals surface area contributed by atoms with Crippen LogP contribution in [0.4, 0.5) is 0 Å². The third-order valence-corrected chi connectivity index (χ3v) is 3.43. The van der Waals surface area contributed by atoms with Gasteiger partial charge in [0.2, 0.25) is 0 Å². The molecule has 0 aromatic heterocycles. The van der Waals surface area contributed by atoms with Gasteiger partial charge >= 0.3 is 0 Å². The van der Waals surface area contributed by atoms with E-state index in [9.17, 15) is 4.79 Å². The zero-order valence-electron chi connectivity index (χ0n) is 9.06. The van der Waals surface area contributed by atoms with Gasteiger partial charge < -0.3 is 9.53 Å². The Morgan fingerprint density at radius 2 is 1.88 bits per heavy atom. The van der Waals surface area contributed by atoms with Gasteiger partial charge in [-0.05, 0) is 36.5 Å². The van der Waals surface area contributed by atoms with Crippen molar-refractivity contribution in [2.45, 2.75) is 18.8 Å². The van der Waals surface area contributed by atoms with Crippen LogP contribution < -0.4 is 0 Å². The van der Waals surface area contributed by atoms with Crippen molar-refractivity contribution in [1.29, 1.82) is 0 Å². The Morgan fingerprint density at radius 1 is 1.25 bits per heavy atom. The molecule has 0 aliphatic carbocycles. The molecule has 16 heavy (non-hydrogen) atoms. The first-order valence-corrected chi connectivity index (χ1v) is 5.97. The van der Waals surface area contributed by atoms with Crippen LogP contribution in [0, 0.1) is 5.92 Å². The van der Waals surface area contributed by atoms with Crippen molar-refractivity contribution in [3.05, 3.63) is 34.9 Å². The van der Waals surface area contributed by atoms with Crippen LogP contribution >= 0.6 is 11.6 Å². The third kappa shape index (κ3) is 2.63. The third-order valence-electron chi connectivity index (χ3n) is 3.18. The van der Waals surface area contributed by atoms with E-state index in [1.807, 2.05) is 24.3 Å². The van der Waals surface area contributed by atoms with Crippen LogP contribution in [0.1, 0.15) is 24.3 Å². The minimum atomic E-state index is -0.0128. The van der Waals surface area contributed by atoms with Crippen molar-refractivity contribution in [1.82, 2.24) is 0 Å². The highest BCUT2D eigenvalue weighted by Gasteiger charge is 2.24. The zero-order chi connectivity index (χ0) is 11.4. The lowest BCUT2D eigenvalue weighted by molar-refractivity contribution is -0.110. The van der Waals surface area contributed by atoms with Gasteiger partial charge in [0.05, 0.1) is 0 Å². The summed E-state index contributed by atoms with van der Waals surface area (Å²) in [5.74, 6) is 0.397. The Bertz CT molecular complexity index is 341. The largest absolute Gasteiger partial charge is 0.381 e. The Labute approximate surface area is 101 Å². The SMILES string of the molecule is O=CC(c1ccc(Cl)cc1)C1CCOCC1. The van der Waals surface area contributed by atoms with Gasteiger partial charge in [0.15, 0.2) is 0 Å². The van der Waals surface area contributed by atoms with E-state index in [1.165, 1.54) is 0 Å². The number of rotatable bonds is 3. The van der Waals surface area contributed by atoms with E-state index in [0.29, 0.717) is 10.9 Å². The quantitative estimate of drug-likeness (QED) is 0.757. The molecule has 2 rings (SSSR count). The number of halogens is 1. The topological polar surface area (TPSA) is 26.3 Å². The van der Waals surface area contributed by atoms with E-state index in [2.05, 4.69) is 0 Å². The fourth-order valence-corrected chi connectivity index (χ4v) is 2.35. The van der Waals surface area contributed by atoms with Gasteiger partial charge in [-0.25, -0.2) is 0 Å². The van der Waals surface area contributed by atoms with E-state index >= 15 is 0 Å². The molecule has 0 amide bonds. The number of carbonyl (C=O) groups is 1. The second-order valence-electron chi connectivity index (χ2n) is 4.16. The maximum absolute atomic E-state index is 11.2. The smallest absolute Gasteiger partial charge is 0.127 e. The second-order valence-corrected chi connectivity index (χ2v) is 4.60. The standard InChI is InChI=1S/C13H15ClO2/c14-12-3-1-10(2-4-12)13(9-15)11-5-7-16-8-6-11/h1-4,9,11,13H,5-8H2. The van der Waals surface area contributed by atoms with Crippen LogP contribution in [-0.4, -0.2) is 19.5 Å². The number of carbonyl (C=O) groups excluding carboxylic acids is 1. The summed E-state index contributed by atoms with van der Waals surface area (Å²) >= 11 is 5.84. The molecule has 0 radical (unpaired) electrons. The van der Waals surface area contributed by atoms with Crippen LogP contribution in [0.25, 0.3) is 0 Å². The van der Waals surface area contributed by atoms with Crippen molar-refractivity contribution >= 4 is 17.9 Å². The highest BCUT2D eigenvalue weighted by molar-refractivity contribution is 6.30. The fourth-order valence-electron chi connectivity index (χ4n) is 2.22. The molecule has 1 unspecified atom stereocenters. The molecule has 3 heteroatoms. The van der Waals surface area contributed by atoms with Crippen LogP contribution in [0.15, 0.2) is 24.3 Å². The van der Waals surface area contributed by atoms with Gasteiger partial charge in [-0.3, -0.25) is 0 Å². The summed E-state index contributed by atoms with van der Waals surface area (Å²) in [6.45, 7) is 1.53. The molecule has 0 spiro atoms. The van der Waals surface area contributed by atoms with Gasteiger partial charge in [0, 0.05) is 24.2 Å². The highest BCUT2D eigenvalue weighted by Crippen LogP contribution is 2.31. The van der Waals surface area contributed by atoms with Crippen LogP contribution in [-0.2, 0) is 9.53 Å². The van der Waals surface area contributed by atoms with Crippen LogP contribution in [0.3, 0.4) is 0 Å². The molecule has 0 saturated carbocycles. The van der Waals surface area contributed by atoms with Crippen molar-refractivity contribution in [2.75, 3.05) is 13.2 Å². The van der Waals surface area contributed by atoms with E-state index < -0.39 is 0 Å². The first-order valence-electron chi connectivity index (χ1n) is 5.60. The summed E-state index contributed by atoms with van der Waals surface area (Å²) in [4.78, 5) is 11.2. The van der Waals surface area contributed by atoms with Crippen molar-refractivity contribution in [2.24, 2.45) is 5.92 Å². The van der Waals surface area contributed by atoms with Crippen molar-refractivity contribution in [3.8, 4) is 0 Å². The summed E-state index contributed by atoms with van der Waals surface area (Å²) < 4.78 is 5.31. The maximum atomic E-state index is 11.2. The van der Waals surface area contributed by atoms with Crippen molar-refractivity contribution < 1.29 is 9.53 Å². The number of hydrogen-bond donors (Lipinski definition) is 0. The van der Waals surface area contributed by atoms with E-state index in [-0.39, 0.29) is 5.92 Å². The Kier molecular flexibility index (Phi) is 3.97. The lowest BCUT2D eigenvalue weighted by Gasteiger charge is -2.27. The lowest BCUT2D eigenvalue weighted by Crippen LogP contribution is -2.22. The fraction of sp³-hybridized carbons (Fsp3) is 0.462. The lowest BCUT2D eigenvalue weighted by atomic mass is 9.82. The molecule has 1 fully saturated rings. The average Bonchev–Trinajstić information content (AvgIpc) is 2.34. The monoisotopic (exact) mass is 238 g/mol. The molecule has 0 N–H and O–H groups in total. The molecule has 1 atom stereocenters. The predicted molar refractivity (Wildman–Crippen MR) is 63.8 cm³/mol. The summed E-state index contributed by atoms with van der Waals surface area (Å²) in [7, 11) is 0. The number of hydrogen-bond acceptors (Lipinski definition) is 2. The second kappa shape index (κ2) is 5.46. The van der Waals surface area contributed by atoms with Gasteiger partial charge in [-0.1, -0.05) is 23.7 Å². The number of ether oxygens (including phenoxy) is 1. The molecule has 1 heterocycles. The molecule has 2 nitrogen and oxygen atoms in total. The van der Waals surface area contributed by atoms with E-state index in [0.717, 1.165) is 37.9 Å². The van der Waals surface area contributed by atoms with Gasteiger partial charge in [0.25, 0.3) is 0 Å². The normalized spacial score (nSPS) is 19.3. The van der Waals surface area contributed by atoms with Crippen molar-refractivity contribution in [3.63, 3.8) is 0 Å². The number of aldehydes is 1. The molecular formula is C13H15ClO2. The van der Waals surface area contributed by atoms with Gasteiger partial charge in [-0.15, -0.1) is 0 Å².